The summed E-state index contributed by atoms with van der Waals surface area (Å²) < 4.78 is 7.31. The average molecular weight is 678 g/mol. The van der Waals surface area contributed by atoms with Crippen molar-refractivity contribution >= 4 is 41.3 Å². The van der Waals surface area contributed by atoms with Crippen LogP contribution < -0.4 is 17.6 Å². The Morgan fingerprint density at radius 2 is 0.429 bits per heavy atom. The van der Waals surface area contributed by atoms with Gasteiger partial charge < -0.3 is 0 Å². The SMILES string of the molecule is CCc1cccc(CC)[c]1[Ge]([c]1c(CC)cccc1CC)=[Ge]([c]1c(CC)cccc1CC)[c]1c(CC)cccc1CC. The van der Waals surface area contributed by atoms with Gasteiger partial charge in [-0.3, -0.25) is 0 Å². The summed E-state index contributed by atoms with van der Waals surface area (Å²) in [6.07, 6.45) is 8.95. The molecule has 0 amide bonds. The minimum atomic E-state index is -2.18. The van der Waals surface area contributed by atoms with Crippen molar-refractivity contribution in [2.75, 3.05) is 0 Å². The van der Waals surface area contributed by atoms with Crippen LogP contribution in [0.2, 0.25) is 0 Å². The van der Waals surface area contributed by atoms with Crippen molar-refractivity contribution in [3.63, 3.8) is 0 Å². The summed E-state index contributed by atoms with van der Waals surface area (Å²) in [5.41, 5.74) is 13.0. The van der Waals surface area contributed by atoms with E-state index >= 15 is 0 Å². The van der Waals surface area contributed by atoms with E-state index in [4.69, 9.17) is 0 Å². The molecule has 2 heteroatoms. The van der Waals surface area contributed by atoms with Crippen molar-refractivity contribution in [2.45, 2.75) is 107 Å². The van der Waals surface area contributed by atoms with Crippen molar-refractivity contribution in [3.8, 4) is 0 Å². The first-order chi connectivity index (χ1) is 20.5. The molecule has 0 aromatic heterocycles. The van der Waals surface area contributed by atoms with Crippen molar-refractivity contribution in [3.05, 3.63) is 117 Å². The van der Waals surface area contributed by atoms with Gasteiger partial charge in [-0.25, -0.2) is 0 Å². The normalized spacial score (nSPS) is 11.1. The van der Waals surface area contributed by atoms with Crippen molar-refractivity contribution in [2.24, 2.45) is 0 Å². The first kappa shape index (κ1) is 32.9. The fourth-order valence-corrected chi connectivity index (χ4v) is 44.8. The van der Waals surface area contributed by atoms with Crippen LogP contribution in [0.1, 0.15) is 99.9 Å². The molecule has 0 fully saturated rings. The second kappa shape index (κ2) is 15.6. The molecule has 42 heavy (non-hydrogen) atoms. The molecular weight excluding hydrogens is 626 g/mol. The summed E-state index contributed by atoms with van der Waals surface area (Å²) in [5.74, 6) is 0. The van der Waals surface area contributed by atoms with E-state index in [1.807, 2.05) is 17.6 Å². The molecule has 4 aromatic carbocycles. The fraction of sp³-hybridized carbons (Fsp3) is 0.400. The Morgan fingerprint density at radius 3 is 0.548 bits per heavy atom. The van der Waals surface area contributed by atoms with Crippen LogP contribution in [0.25, 0.3) is 0 Å². The van der Waals surface area contributed by atoms with Gasteiger partial charge in [0.25, 0.3) is 0 Å². The van der Waals surface area contributed by atoms with Gasteiger partial charge in [-0.05, 0) is 0 Å². The van der Waals surface area contributed by atoms with Crippen molar-refractivity contribution < 1.29 is 0 Å². The van der Waals surface area contributed by atoms with Crippen LogP contribution >= 0.6 is 0 Å². The third kappa shape index (κ3) is 6.41. The minimum absolute atomic E-state index is 1.12. The third-order valence-electron chi connectivity index (χ3n) is 9.25. The second-order valence-corrected chi connectivity index (χ2v) is 29.6. The summed E-state index contributed by atoms with van der Waals surface area (Å²) in [5, 5.41) is 0. The molecule has 0 atom stereocenters. The first-order valence-electron chi connectivity index (χ1n) is 16.7. The molecule has 0 aliphatic rings. The van der Waals surface area contributed by atoms with E-state index in [0.29, 0.717) is 0 Å². The Bertz CT molecular complexity index is 1240. The standard InChI is InChI=1S/C40H52Ge2/c1-9-29-21-17-22-30(10-2)37(29)41(38-31(11-3)23-18-24-32(38)12-4)42(39-33(13-5)25-19-26-34(39)14-6)40-35(15-7)27-20-28-36(40)16-8/h17-28H,9-16H2,1-8H3. The molecule has 0 aliphatic carbocycles. The van der Waals surface area contributed by atoms with Crippen molar-refractivity contribution in [1.29, 1.82) is 0 Å². The number of benzene rings is 4. The van der Waals surface area contributed by atoms with Gasteiger partial charge in [0.2, 0.25) is 0 Å². The van der Waals surface area contributed by atoms with Gasteiger partial charge in [-0.2, -0.15) is 0 Å². The van der Waals surface area contributed by atoms with E-state index in [-0.39, 0.29) is 0 Å². The van der Waals surface area contributed by atoms with E-state index in [9.17, 15) is 0 Å². The van der Waals surface area contributed by atoms with Crippen molar-refractivity contribution in [1.82, 2.24) is 0 Å². The van der Waals surface area contributed by atoms with Gasteiger partial charge in [0.05, 0.1) is 0 Å². The van der Waals surface area contributed by atoms with Crippen LogP contribution in [0.5, 0.6) is 0 Å². The Morgan fingerprint density at radius 1 is 0.286 bits per heavy atom. The zero-order chi connectivity index (χ0) is 30.2. The first-order valence-corrected chi connectivity index (χ1v) is 27.4. The Balaban J connectivity index is 2.48. The van der Waals surface area contributed by atoms with Crippen LogP contribution in [0, 0.1) is 0 Å². The number of hydrogen-bond donors (Lipinski definition) is 0. The van der Waals surface area contributed by atoms with E-state index in [1.165, 1.54) is 0 Å². The van der Waals surface area contributed by atoms with Gasteiger partial charge in [0.1, 0.15) is 0 Å². The average Bonchev–Trinajstić information content (AvgIpc) is 3.05. The molecule has 0 heterocycles. The van der Waals surface area contributed by atoms with E-state index in [0.717, 1.165) is 51.4 Å². The molecule has 4 rings (SSSR count). The van der Waals surface area contributed by atoms with Gasteiger partial charge >= 0.3 is 265 Å². The molecule has 0 N–H and O–H groups in total. The van der Waals surface area contributed by atoms with E-state index < -0.39 is 23.7 Å². The van der Waals surface area contributed by atoms with Crippen LogP contribution in [0.4, 0.5) is 0 Å². The fourth-order valence-electron chi connectivity index (χ4n) is 7.00. The predicted molar refractivity (Wildman–Crippen MR) is 191 cm³/mol. The van der Waals surface area contributed by atoms with Crippen LogP contribution in [0.3, 0.4) is 0 Å². The quantitative estimate of drug-likeness (QED) is 0.140. The predicted octanol–water partition coefficient (Wildman–Crippen LogP) is 7.18. The molecule has 220 valence electrons. The van der Waals surface area contributed by atoms with Crippen LogP contribution in [-0.4, -0.2) is 23.7 Å². The number of aryl methyl sites for hydroxylation is 8. The molecule has 0 radical (unpaired) electrons. The molecule has 0 saturated heterocycles. The Hall–Kier alpha value is -2.03. The van der Waals surface area contributed by atoms with Gasteiger partial charge in [0, 0.05) is 0 Å². The maximum absolute atomic E-state index is 2.48. The summed E-state index contributed by atoms with van der Waals surface area (Å²) in [4.78, 5) is 0. The Kier molecular flexibility index (Phi) is 12.2. The molecule has 0 saturated carbocycles. The maximum atomic E-state index is 2.48. The molecule has 0 unspecified atom stereocenters. The molecule has 4 aromatic rings. The summed E-state index contributed by atoms with van der Waals surface area (Å²) in [6.45, 7) is 19.2. The van der Waals surface area contributed by atoms with E-state index in [2.05, 4.69) is 128 Å². The number of rotatable bonds is 12. The summed E-state index contributed by atoms with van der Waals surface area (Å²) in [7, 11) is 0. The molecule has 0 spiro atoms. The topological polar surface area (TPSA) is 0 Å². The zero-order valence-electron chi connectivity index (χ0n) is 27.6. The number of hydrogen-bond acceptors (Lipinski definition) is 0. The van der Waals surface area contributed by atoms with Crippen LogP contribution in [-0.2, 0) is 51.4 Å². The molecule has 0 bridgehead atoms. The molecular formula is C40H52Ge2. The molecule has 0 nitrogen and oxygen atoms in total. The van der Waals surface area contributed by atoms with Crippen LogP contribution in [0.15, 0.2) is 72.8 Å². The summed E-state index contributed by atoms with van der Waals surface area (Å²) >= 11 is -4.36. The van der Waals surface area contributed by atoms with Gasteiger partial charge in [-0.1, -0.05) is 0 Å². The Labute approximate surface area is 263 Å². The summed E-state index contributed by atoms with van der Waals surface area (Å²) in [6, 6.07) is 29.2. The zero-order valence-corrected chi connectivity index (χ0v) is 31.8. The second-order valence-electron chi connectivity index (χ2n) is 11.4. The molecule has 0 aliphatic heterocycles. The van der Waals surface area contributed by atoms with Gasteiger partial charge in [-0.15, -0.1) is 0 Å². The van der Waals surface area contributed by atoms with E-state index in [1.54, 1.807) is 44.5 Å². The monoisotopic (exact) mass is 680 g/mol. The third-order valence-corrected chi connectivity index (χ3v) is 36.2. The van der Waals surface area contributed by atoms with Gasteiger partial charge in [0.15, 0.2) is 0 Å².